The van der Waals surface area contributed by atoms with Crippen LogP contribution in [0.4, 0.5) is 0 Å². The van der Waals surface area contributed by atoms with Crippen LogP contribution in [0.25, 0.3) is 0 Å². The van der Waals surface area contributed by atoms with Gasteiger partial charge in [-0.25, -0.2) is 4.68 Å². The van der Waals surface area contributed by atoms with Crippen LogP contribution in [0, 0.1) is 0 Å². The molecular formula is C8H11N3O. The number of Topliss-reactive ketones (excluding diaryl/α,β-unsaturated/α-hetero) is 1. The molecular weight excluding hydrogens is 154 g/mol. The van der Waals surface area contributed by atoms with E-state index >= 15 is 0 Å². The molecule has 1 aliphatic carbocycles. The third kappa shape index (κ3) is 1.03. The predicted molar refractivity (Wildman–Crippen MR) is 42.7 cm³/mol. The first kappa shape index (κ1) is 7.46. The largest absolute Gasteiger partial charge is 0.299 e. The van der Waals surface area contributed by atoms with E-state index in [0.29, 0.717) is 12.8 Å². The van der Waals surface area contributed by atoms with Gasteiger partial charge in [0.15, 0.2) is 0 Å². The first-order chi connectivity index (χ1) is 5.81. The molecule has 0 N–H and O–H groups in total. The second kappa shape index (κ2) is 2.69. The van der Waals surface area contributed by atoms with Crippen LogP contribution >= 0.6 is 0 Å². The molecule has 0 bridgehead atoms. The maximum atomic E-state index is 11.0. The zero-order chi connectivity index (χ0) is 8.55. The molecule has 2 rings (SSSR count). The molecule has 0 aliphatic heterocycles. The summed E-state index contributed by atoms with van der Waals surface area (Å²) in [6.45, 7) is 2.88. The van der Waals surface area contributed by atoms with Gasteiger partial charge in [0.2, 0.25) is 0 Å². The predicted octanol–water partition coefficient (Wildman–Crippen LogP) is 0.356. The minimum Gasteiger partial charge on any atom is -0.299 e. The van der Waals surface area contributed by atoms with Gasteiger partial charge in [0, 0.05) is 13.0 Å². The van der Waals surface area contributed by atoms with Crippen LogP contribution in [0.5, 0.6) is 0 Å². The van der Waals surface area contributed by atoms with E-state index in [1.807, 2.05) is 11.6 Å². The number of aromatic nitrogens is 3. The fourth-order valence-corrected chi connectivity index (χ4v) is 1.57. The Morgan fingerprint density at radius 1 is 1.50 bits per heavy atom. The highest BCUT2D eigenvalue weighted by Gasteiger charge is 2.20. The van der Waals surface area contributed by atoms with Gasteiger partial charge in [0.05, 0.1) is 17.8 Å². The smallest absolute Gasteiger partial charge is 0.139 e. The van der Waals surface area contributed by atoms with E-state index in [-0.39, 0.29) is 5.78 Å². The second-order valence-electron chi connectivity index (χ2n) is 3.01. The third-order valence-corrected chi connectivity index (χ3v) is 2.22. The summed E-state index contributed by atoms with van der Waals surface area (Å²) in [6, 6.07) is 0. The van der Waals surface area contributed by atoms with Gasteiger partial charge in [0.1, 0.15) is 5.78 Å². The van der Waals surface area contributed by atoms with Crippen LogP contribution in [-0.4, -0.2) is 20.8 Å². The number of carbonyl (C=O) groups is 1. The standard InChI is InChI=1S/C8H11N3O/c1-2-11-8-4-3-6(12)5-7(8)9-10-11/h2-5H2,1H3. The zero-order valence-corrected chi connectivity index (χ0v) is 7.08. The first-order valence-electron chi connectivity index (χ1n) is 4.24. The van der Waals surface area contributed by atoms with Gasteiger partial charge in [-0.3, -0.25) is 4.79 Å². The van der Waals surface area contributed by atoms with Gasteiger partial charge in [-0.2, -0.15) is 0 Å². The Morgan fingerprint density at radius 2 is 2.33 bits per heavy atom. The molecule has 1 aromatic heterocycles. The molecule has 0 radical (unpaired) electrons. The fraction of sp³-hybridized carbons (Fsp3) is 0.625. The molecule has 0 fully saturated rings. The molecule has 4 heteroatoms. The topological polar surface area (TPSA) is 47.8 Å². The monoisotopic (exact) mass is 165 g/mol. The van der Waals surface area contributed by atoms with Crippen molar-refractivity contribution in [1.29, 1.82) is 0 Å². The SMILES string of the molecule is CCn1nnc2c1CCC(=O)C2. The summed E-state index contributed by atoms with van der Waals surface area (Å²) in [6.07, 6.45) is 1.95. The van der Waals surface area contributed by atoms with Crippen molar-refractivity contribution in [3.05, 3.63) is 11.4 Å². The maximum Gasteiger partial charge on any atom is 0.139 e. The van der Waals surface area contributed by atoms with Gasteiger partial charge >= 0.3 is 0 Å². The normalized spacial score (nSPS) is 16.2. The summed E-state index contributed by atoms with van der Waals surface area (Å²) in [4.78, 5) is 11.0. The van der Waals surface area contributed by atoms with Crippen molar-refractivity contribution >= 4 is 5.78 Å². The van der Waals surface area contributed by atoms with Gasteiger partial charge in [-0.1, -0.05) is 5.21 Å². The van der Waals surface area contributed by atoms with Crippen molar-refractivity contribution in [3.8, 4) is 0 Å². The summed E-state index contributed by atoms with van der Waals surface area (Å²) in [5.41, 5.74) is 2.03. The average molecular weight is 165 g/mol. The molecule has 64 valence electrons. The minimum atomic E-state index is 0.283. The molecule has 0 aromatic carbocycles. The van der Waals surface area contributed by atoms with Crippen LogP contribution in [0.15, 0.2) is 0 Å². The van der Waals surface area contributed by atoms with E-state index in [9.17, 15) is 4.79 Å². The molecule has 1 heterocycles. The highest BCUT2D eigenvalue weighted by Crippen LogP contribution is 2.15. The van der Waals surface area contributed by atoms with Crippen LogP contribution in [-0.2, 0) is 24.2 Å². The Bertz CT molecular complexity index is 316. The molecule has 1 aromatic rings. The lowest BCUT2D eigenvalue weighted by Gasteiger charge is -2.09. The van der Waals surface area contributed by atoms with E-state index < -0.39 is 0 Å². The quantitative estimate of drug-likeness (QED) is 0.603. The molecule has 0 unspecified atom stereocenters. The van der Waals surface area contributed by atoms with E-state index in [1.165, 1.54) is 0 Å². The Kier molecular flexibility index (Phi) is 1.67. The zero-order valence-electron chi connectivity index (χ0n) is 7.08. The number of carbonyl (C=O) groups excluding carboxylic acids is 1. The lowest BCUT2D eigenvalue weighted by atomic mass is 10.00. The second-order valence-corrected chi connectivity index (χ2v) is 3.01. The number of fused-ring (bicyclic) bond motifs is 1. The van der Waals surface area contributed by atoms with Crippen molar-refractivity contribution in [2.45, 2.75) is 32.7 Å². The molecule has 0 saturated carbocycles. The highest BCUT2D eigenvalue weighted by atomic mass is 16.1. The Morgan fingerprint density at radius 3 is 3.08 bits per heavy atom. The van der Waals surface area contributed by atoms with E-state index in [4.69, 9.17) is 0 Å². The first-order valence-corrected chi connectivity index (χ1v) is 4.24. The Balaban J connectivity index is 2.38. The molecule has 0 atom stereocenters. The van der Waals surface area contributed by atoms with Gasteiger partial charge in [0.25, 0.3) is 0 Å². The van der Waals surface area contributed by atoms with Crippen molar-refractivity contribution < 1.29 is 4.79 Å². The van der Waals surface area contributed by atoms with E-state index in [1.54, 1.807) is 0 Å². The summed E-state index contributed by atoms with van der Waals surface area (Å²) in [5, 5.41) is 7.94. The maximum absolute atomic E-state index is 11.0. The number of aryl methyl sites for hydroxylation is 1. The van der Waals surface area contributed by atoms with Crippen LogP contribution in [0.2, 0.25) is 0 Å². The number of hydrogen-bond donors (Lipinski definition) is 0. The Hall–Kier alpha value is -1.19. The van der Waals surface area contributed by atoms with E-state index in [2.05, 4.69) is 10.3 Å². The fourth-order valence-electron chi connectivity index (χ4n) is 1.57. The summed E-state index contributed by atoms with van der Waals surface area (Å²) < 4.78 is 1.88. The summed E-state index contributed by atoms with van der Waals surface area (Å²) >= 11 is 0. The van der Waals surface area contributed by atoms with Crippen molar-refractivity contribution in [3.63, 3.8) is 0 Å². The van der Waals surface area contributed by atoms with Crippen LogP contribution in [0.1, 0.15) is 24.7 Å². The lowest BCUT2D eigenvalue weighted by molar-refractivity contribution is -0.118. The van der Waals surface area contributed by atoms with Gasteiger partial charge in [-0.05, 0) is 13.3 Å². The molecule has 12 heavy (non-hydrogen) atoms. The van der Waals surface area contributed by atoms with E-state index in [0.717, 1.165) is 24.4 Å². The molecule has 0 spiro atoms. The van der Waals surface area contributed by atoms with Crippen molar-refractivity contribution in [2.24, 2.45) is 0 Å². The number of nitrogens with zero attached hydrogens (tertiary/aromatic N) is 3. The number of ketones is 1. The van der Waals surface area contributed by atoms with Gasteiger partial charge in [-0.15, -0.1) is 5.10 Å². The molecule has 1 aliphatic rings. The molecule has 0 saturated heterocycles. The molecule has 4 nitrogen and oxygen atoms in total. The molecule has 0 amide bonds. The van der Waals surface area contributed by atoms with Crippen LogP contribution in [0.3, 0.4) is 0 Å². The third-order valence-electron chi connectivity index (χ3n) is 2.22. The van der Waals surface area contributed by atoms with Crippen LogP contribution < -0.4 is 0 Å². The lowest BCUT2D eigenvalue weighted by Crippen LogP contribution is -2.15. The van der Waals surface area contributed by atoms with Crippen molar-refractivity contribution in [2.75, 3.05) is 0 Å². The highest BCUT2D eigenvalue weighted by molar-refractivity contribution is 5.82. The number of hydrogen-bond acceptors (Lipinski definition) is 3. The average Bonchev–Trinajstić information content (AvgIpc) is 2.46. The minimum absolute atomic E-state index is 0.283. The Labute approximate surface area is 70.6 Å². The van der Waals surface area contributed by atoms with Gasteiger partial charge < -0.3 is 0 Å². The van der Waals surface area contributed by atoms with Crippen molar-refractivity contribution in [1.82, 2.24) is 15.0 Å². The number of rotatable bonds is 1. The summed E-state index contributed by atoms with van der Waals surface area (Å²) in [5.74, 6) is 0.283. The summed E-state index contributed by atoms with van der Waals surface area (Å²) in [7, 11) is 0.